The minimum absolute atomic E-state index is 0.0605. The van der Waals surface area contributed by atoms with E-state index in [1.165, 1.54) is 21.8 Å². The summed E-state index contributed by atoms with van der Waals surface area (Å²) in [4.78, 5) is 53.5. The number of pyridine rings is 1. The molecule has 3 heterocycles. The van der Waals surface area contributed by atoms with E-state index in [4.69, 9.17) is 0 Å². The minimum atomic E-state index is -0.980. The first-order valence-corrected chi connectivity index (χ1v) is 11.4. The van der Waals surface area contributed by atoms with Crippen LogP contribution < -0.4 is 10.4 Å². The number of hydrogen-bond acceptors (Lipinski definition) is 6. The van der Waals surface area contributed by atoms with Gasteiger partial charge in [-0.2, -0.15) is 0 Å². The van der Waals surface area contributed by atoms with Crippen LogP contribution in [0.3, 0.4) is 0 Å². The molecule has 0 saturated carbocycles. The predicted octanol–water partition coefficient (Wildman–Crippen LogP) is 1.64. The number of hydrogen-bond donors (Lipinski definition) is 1. The van der Waals surface area contributed by atoms with Gasteiger partial charge in [-0.25, -0.2) is 8.78 Å². The van der Waals surface area contributed by atoms with E-state index in [9.17, 15) is 33.1 Å². The summed E-state index contributed by atoms with van der Waals surface area (Å²) in [6, 6.07) is 3.03. The number of fused-ring (bicyclic) bond motifs is 1. The number of rotatable bonds is 8. The van der Waals surface area contributed by atoms with Crippen molar-refractivity contribution in [2.45, 2.75) is 32.1 Å². The molecule has 2 aliphatic heterocycles. The molecule has 1 fully saturated rings. The van der Waals surface area contributed by atoms with Gasteiger partial charge in [0.1, 0.15) is 18.3 Å². The minimum Gasteiger partial charge on any atom is -0.502 e. The second-order valence-electron chi connectivity index (χ2n) is 8.78. The van der Waals surface area contributed by atoms with Crippen LogP contribution in [0, 0.1) is 11.6 Å². The summed E-state index contributed by atoms with van der Waals surface area (Å²) in [5.74, 6) is -3.45. The van der Waals surface area contributed by atoms with Crippen molar-refractivity contribution >= 4 is 17.6 Å². The number of nitrogens with zero attached hydrogens (tertiary/aromatic N) is 4. The molecule has 1 N–H and O–H groups in total. The molecule has 0 atom stereocenters. The van der Waals surface area contributed by atoms with E-state index in [1.54, 1.807) is 17.0 Å². The van der Waals surface area contributed by atoms with Gasteiger partial charge in [-0.3, -0.25) is 28.9 Å². The van der Waals surface area contributed by atoms with E-state index < -0.39 is 34.5 Å². The number of aromatic hydroxyl groups is 1. The number of amides is 2. The molecule has 186 valence electrons. The third-order valence-electron chi connectivity index (χ3n) is 6.36. The number of halogens is 2. The highest BCUT2D eigenvalue weighted by Crippen LogP contribution is 2.22. The van der Waals surface area contributed by atoms with Crippen LogP contribution in [0.4, 0.5) is 8.78 Å². The highest BCUT2D eigenvalue weighted by molar-refractivity contribution is 6.00. The lowest BCUT2D eigenvalue weighted by molar-refractivity contribution is -0.127. The lowest BCUT2D eigenvalue weighted by atomic mass is 10.0. The van der Waals surface area contributed by atoms with Crippen LogP contribution in [0.25, 0.3) is 0 Å². The van der Waals surface area contributed by atoms with E-state index in [2.05, 4.69) is 0 Å². The summed E-state index contributed by atoms with van der Waals surface area (Å²) in [5.41, 5.74) is -1.43. The summed E-state index contributed by atoms with van der Waals surface area (Å²) in [7, 11) is 1.64. The molecule has 9 nitrogen and oxygen atoms in total. The number of aromatic nitrogens is 1. The maximum Gasteiger partial charge on any atom is 0.277 e. The fraction of sp³-hybridized carbons (Fsp3) is 0.417. The Balaban J connectivity index is 1.49. The van der Waals surface area contributed by atoms with Crippen molar-refractivity contribution in [3.05, 3.63) is 63.1 Å². The molecular formula is C24H26F2N4O5. The number of aryl methyl sites for hydroxylation is 1. The predicted molar refractivity (Wildman–Crippen MR) is 122 cm³/mol. The summed E-state index contributed by atoms with van der Waals surface area (Å²) in [6.07, 6.45) is 2.82. The lowest BCUT2D eigenvalue weighted by Crippen LogP contribution is -2.53. The van der Waals surface area contributed by atoms with Gasteiger partial charge >= 0.3 is 0 Å². The van der Waals surface area contributed by atoms with Gasteiger partial charge in [-0.15, -0.1) is 0 Å². The molecule has 0 spiro atoms. The van der Waals surface area contributed by atoms with Crippen molar-refractivity contribution in [1.29, 1.82) is 0 Å². The number of ketones is 1. The summed E-state index contributed by atoms with van der Waals surface area (Å²) < 4.78 is 28.2. The SMILES string of the molecule is CN1CN(CCCN2CCCC2=O)C(=O)c2c(O)c(=O)c(C(=O)CCc3ccc(F)cc3F)cn21. The third kappa shape index (κ3) is 4.89. The molecule has 1 saturated heterocycles. The largest absolute Gasteiger partial charge is 0.502 e. The molecule has 2 aliphatic rings. The normalized spacial score (nSPS) is 15.7. The number of benzene rings is 1. The number of likely N-dealkylation sites (tertiary alicyclic amines) is 1. The zero-order valence-electron chi connectivity index (χ0n) is 19.3. The van der Waals surface area contributed by atoms with Crippen molar-refractivity contribution in [3.8, 4) is 5.75 Å². The van der Waals surface area contributed by atoms with Crippen LogP contribution in [0.15, 0.2) is 29.2 Å². The van der Waals surface area contributed by atoms with Gasteiger partial charge in [0.15, 0.2) is 17.2 Å². The Morgan fingerprint density at radius 3 is 2.54 bits per heavy atom. The third-order valence-corrected chi connectivity index (χ3v) is 6.36. The second kappa shape index (κ2) is 9.85. The smallest absolute Gasteiger partial charge is 0.277 e. The second-order valence-corrected chi connectivity index (χ2v) is 8.78. The van der Waals surface area contributed by atoms with Gasteiger partial charge in [0.25, 0.3) is 5.91 Å². The average molecular weight is 488 g/mol. The molecule has 35 heavy (non-hydrogen) atoms. The Morgan fingerprint density at radius 1 is 1.11 bits per heavy atom. The maximum absolute atomic E-state index is 13.9. The Kier molecular flexibility index (Phi) is 6.86. The Bertz CT molecular complexity index is 1250. The molecule has 2 amide bonds. The van der Waals surface area contributed by atoms with Crippen LogP contribution >= 0.6 is 0 Å². The van der Waals surface area contributed by atoms with Crippen molar-refractivity contribution in [2.24, 2.45) is 0 Å². The fourth-order valence-corrected chi connectivity index (χ4v) is 4.46. The molecule has 0 bridgehead atoms. The van der Waals surface area contributed by atoms with E-state index in [-0.39, 0.29) is 42.2 Å². The molecule has 4 rings (SSSR count). The first-order valence-electron chi connectivity index (χ1n) is 11.4. The van der Waals surface area contributed by atoms with Gasteiger partial charge < -0.3 is 14.9 Å². The molecule has 0 unspecified atom stereocenters. The highest BCUT2D eigenvalue weighted by Gasteiger charge is 2.33. The Morgan fingerprint density at radius 2 is 1.86 bits per heavy atom. The van der Waals surface area contributed by atoms with Crippen LogP contribution in [0.1, 0.15) is 52.1 Å². The molecule has 0 radical (unpaired) electrons. The molecule has 0 aliphatic carbocycles. The quantitative estimate of drug-likeness (QED) is 0.567. The Labute approximate surface area is 200 Å². The average Bonchev–Trinajstić information content (AvgIpc) is 3.22. The van der Waals surface area contributed by atoms with Gasteiger partial charge in [-0.1, -0.05) is 6.07 Å². The van der Waals surface area contributed by atoms with Crippen molar-refractivity contribution in [2.75, 3.05) is 38.4 Å². The molecular weight excluding hydrogens is 462 g/mol. The number of carbonyl (C=O) groups excluding carboxylic acids is 3. The highest BCUT2D eigenvalue weighted by atomic mass is 19.1. The first kappa shape index (κ1) is 24.4. The number of Topliss-reactive ketones (excluding diaryl/α,β-unsaturated/α-hetero) is 1. The van der Waals surface area contributed by atoms with Gasteiger partial charge in [0.2, 0.25) is 11.3 Å². The zero-order chi connectivity index (χ0) is 25.3. The van der Waals surface area contributed by atoms with Crippen molar-refractivity contribution < 1.29 is 28.3 Å². The summed E-state index contributed by atoms with van der Waals surface area (Å²) in [6.45, 7) is 1.70. The molecule has 2 aromatic rings. The van der Waals surface area contributed by atoms with Crippen LogP contribution in [0.5, 0.6) is 5.75 Å². The Hall–Kier alpha value is -3.76. The summed E-state index contributed by atoms with van der Waals surface area (Å²) >= 11 is 0. The first-order chi connectivity index (χ1) is 16.7. The van der Waals surface area contributed by atoms with Crippen molar-refractivity contribution in [1.82, 2.24) is 14.5 Å². The fourth-order valence-electron chi connectivity index (χ4n) is 4.46. The zero-order valence-corrected chi connectivity index (χ0v) is 19.3. The van der Waals surface area contributed by atoms with Gasteiger partial charge in [-0.05, 0) is 30.9 Å². The van der Waals surface area contributed by atoms with Crippen LogP contribution in [-0.2, 0) is 11.2 Å². The van der Waals surface area contributed by atoms with Crippen molar-refractivity contribution in [3.63, 3.8) is 0 Å². The van der Waals surface area contributed by atoms with E-state index in [0.29, 0.717) is 32.5 Å². The topological polar surface area (TPSA) is 103 Å². The molecule has 1 aromatic carbocycles. The monoisotopic (exact) mass is 488 g/mol. The maximum atomic E-state index is 13.9. The number of carbonyl (C=O) groups is 3. The lowest BCUT2D eigenvalue weighted by Gasteiger charge is -2.37. The van der Waals surface area contributed by atoms with Gasteiger partial charge in [0.05, 0.1) is 5.56 Å². The van der Waals surface area contributed by atoms with Crippen LogP contribution in [-0.4, -0.2) is 70.5 Å². The summed E-state index contributed by atoms with van der Waals surface area (Å²) in [5, 5.41) is 12.1. The molecule has 11 heteroatoms. The van der Waals surface area contributed by atoms with Crippen LogP contribution in [0.2, 0.25) is 0 Å². The van der Waals surface area contributed by atoms with E-state index in [0.717, 1.165) is 18.6 Å². The van der Waals surface area contributed by atoms with Gasteiger partial charge in [0, 0.05) is 51.8 Å². The van der Waals surface area contributed by atoms with E-state index in [1.807, 2.05) is 0 Å². The standard InChI is InChI=1S/C24H26F2N4O5/c1-27-14-29(11-3-10-28-9-2-4-20(28)32)24(35)21-23(34)22(33)17(13-30(21)27)19(31)8-6-15-5-7-16(25)12-18(15)26/h5,7,12-13,34H,2-4,6,8-11,14H2,1H3. The van der Waals surface area contributed by atoms with E-state index >= 15 is 0 Å². The molecule has 1 aromatic heterocycles.